The summed E-state index contributed by atoms with van der Waals surface area (Å²) in [6, 6.07) is 8.16. The van der Waals surface area contributed by atoms with Crippen LogP contribution in [0, 0.1) is 5.41 Å². The second-order valence-corrected chi connectivity index (χ2v) is 9.57. The zero-order valence-corrected chi connectivity index (χ0v) is 20.5. The van der Waals surface area contributed by atoms with Crippen LogP contribution in [0.4, 0.5) is 0 Å². The number of benzene rings is 1. The molecule has 1 saturated heterocycles. The van der Waals surface area contributed by atoms with E-state index >= 15 is 0 Å². The molecule has 35 heavy (non-hydrogen) atoms. The molecule has 2 aromatic rings. The number of hydrazone groups is 1. The third kappa shape index (κ3) is 4.78. The highest BCUT2D eigenvalue weighted by Gasteiger charge is 2.42. The number of carbonyl (C=O) groups excluding carboxylic acids is 2. The van der Waals surface area contributed by atoms with Crippen molar-refractivity contribution in [3.63, 3.8) is 0 Å². The van der Waals surface area contributed by atoms with Gasteiger partial charge in [-0.2, -0.15) is 5.10 Å². The molecule has 0 spiro atoms. The molecule has 2 aliphatic heterocycles. The highest BCUT2D eigenvalue weighted by molar-refractivity contribution is 6.06. The molecule has 1 aromatic carbocycles. The summed E-state index contributed by atoms with van der Waals surface area (Å²) >= 11 is 0. The second-order valence-electron chi connectivity index (χ2n) is 9.57. The first kappa shape index (κ1) is 24.4. The van der Waals surface area contributed by atoms with E-state index in [9.17, 15) is 19.8 Å². The molecule has 0 bridgehead atoms. The van der Waals surface area contributed by atoms with Gasteiger partial charge in [-0.05, 0) is 31.0 Å². The van der Waals surface area contributed by atoms with Gasteiger partial charge in [0.1, 0.15) is 6.54 Å². The van der Waals surface area contributed by atoms with Crippen molar-refractivity contribution in [1.29, 1.82) is 0 Å². The Kier molecular flexibility index (Phi) is 6.64. The van der Waals surface area contributed by atoms with Gasteiger partial charge in [-0.3, -0.25) is 14.2 Å². The van der Waals surface area contributed by atoms with Crippen LogP contribution in [0.1, 0.15) is 38.7 Å². The fraction of sp³-hybridized carbons (Fsp3) is 0.480. The summed E-state index contributed by atoms with van der Waals surface area (Å²) < 4.78 is 11.9. The first-order valence-corrected chi connectivity index (χ1v) is 11.6. The summed E-state index contributed by atoms with van der Waals surface area (Å²) in [5, 5.41) is 26.0. The van der Waals surface area contributed by atoms with Gasteiger partial charge in [0.15, 0.2) is 23.3 Å². The molecular formula is C25H32N4O6. The van der Waals surface area contributed by atoms with E-state index in [0.29, 0.717) is 43.9 Å². The maximum atomic E-state index is 13.3. The van der Waals surface area contributed by atoms with Crippen molar-refractivity contribution < 1.29 is 29.3 Å². The molecule has 0 saturated carbocycles. The molecule has 4 rings (SSSR count). The minimum atomic E-state index is -0.624. The van der Waals surface area contributed by atoms with Crippen molar-refractivity contribution in [3.8, 4) is 23.3 Å². The lowest BCUT2D eigenvalue weighted by Gasteiger charge is -2.42. The molecule has 0 radical (unpaired) electrons. The van der Waals surface area contributed by atoms with Crippen molar-refractivity contribution in [3.05, 3.63) is 35.9 Å². The zero-order chi connectivity index (χ0) is 25.3. The summed E-state index contributed by atoms with van der Waals surface area (Å²) in [6.45, 7) is 4.61. The SMILES string of the molecule is COc1ccc(C2=NN(C3CCN(C(=O)Cn4c(O)ccc4O)CC3)C(=O)C(C)(C)C2)cc1OC. The number of rotatable bonds is 6. The highest BCUT2D eigenvalue weighted by atomic mass is 16.5. The Morgan fingerprint density at radius 3 is 2.29 bits per heavy atom. The monoisotopic (exact) mass is 484 g/mol. The van der Waals surface area contributed by atoms with Crippen LogP contribution in [0.5, 0.6) is 23.3 Å². The minimum absolute atomic E-state index is 0.0336. The van der Waals surface area contributed by atoms with Crippen molar-refractivity contribution in [2.75, 3.05) is 27.3 Å². The fourth-order valence-electron chi connectivity index (χ4n) is 4.64. The summed E-state index contributed by atoms with van der Waals surface area (Å²) in [6.07, 6.45) is 1.67. The van der Waals surface area contributed by atoms with Crippen LogP contribution >= 0.6 is 0 Å². The van der Waals surface area contributed by atoms with E-state index in [1.54, 1.807) is 24.1 Å². The molecule has 2 amide bonds. The largest absolute Gasteiger partial charge is 0.494 e. The normalized spacial score (nSPS) is 18.4. The van der Waals surface area contributed by atoms with Gasteiger partial charge in [-0.15, -0.1) is 0 Å². The number of likely N-dealkylation sites (tertiary alicyclic amines) is 1. The number of methoxy groups -OCH3 is 2. The third-order valence-electron chi connectivity index (χ3n) is 6.73. The maximum absolute atomic E-state index is 13.3. The van der Waals surface area contributed by atoms with E-state index in [1.807, 2.05) is 32.0 Å². The number of ether oxygens (including phenoxy) is 2. The van der Waals surface area contributed by atoms with Gasteiger partial charge in [0.2, 0.25) is 11.8 Å². The lowest BCUT2D eigenvalue weighted by atomic mass is 9.82. The molecule has 10 heteroatoms. The van der Waals surface area contributed by atoms with E-state index in [-0.39, 0.29) is 36.2 Å². The number of piperidine rings is 1. The lowest BCUT2D eigenvalue weighted by molar-refractivity contribution is -0.145. The number of nitrogens with zero attached hydrogens (tertiary/aromatic N) is 4. The Bertz CT molecular complexity index is 1130. The highest BCUT2D eigenvalue weighted by Crippen LogP contribution is 2.36. The van der Waals surface area contributed by atoms with E-state index in [2.05, 4.69) is 0 Å². The summed E-state index contributed by atoms with van der Waals surface area (Å²) in [7, 11) is 3.17. The van der Waals surface area contributed by atoms with Crippen molar-refractivity contribution in [1.82, 2.24) is 14.5 Å². The van der Waals surface area contributed by atoms with Gasteiger partial charge in [-0.1, -0.05) is 13.8 Å². The van der Waals surface area contributed by atoms with E-state index in [0.717, 1.165) is 15.8 Å². The number of hydrogen-bond acceptors (Lipinski definition) is 7. The molecule has 3 heterocycles. The Balaban J connectivity index is 1.50. The van der Waals surface area contributed by atoms with Gasteiger partial charge < -0.3 is 24.6 Å². The molecular weight excluding hydrogens is 452 g/mol. The Morgan fingerprint density at radius 1 is 1.06 bits per heavy atom. The van der Waals surface area contributed by atoms with Crippen LogP contribution in [0.25, 0.3) is 0 Å². The molecule has 1 fully saturated rings. The molecule has 10 nitrogen and oxygen atoms in total. The van der Waals surface area contributed by atoms with Gasteiger partial charge >= 0.3 is 0 Å². The Hall–Kier alpha value is -3.69. The second kappa shape index (κ2) is 9.52. The average molecular weight is 485 g/mol. The third-order valence-corrected chi connectivity index (χ3v) is 6.73. The molecule has 0 atom stereocenters. The maximum Gasteiger partial charge on any atom is 0.248 e. The van der Waals surface area contributed by atoms with Gasteiger partial charge in [0.25, 0.3) is 0 Å². The lowest BCUT2D eigenvalue weighted by Crippen LogP contribution is -2.52. The Morgan fingerprint density at radius 2 is 1.69 bits per heavy atom. The number of amides is 2. The van der Waals surface area contributed by atoms with Crippen molar-refractivity contribution in [2.45, 2.75) is 45.7 Å². The number of aromatic hydroxyl groups is 2. The topological polar surface area (TPSA) is 117 Å². The van der Waals surface area contributed by atoms with Crippen LogP contribution < -0.4 is 9.47 Å². The van der Waals surface area contributed by atoms with Crippen molar-refractivity contribution in [2.24, 2.45) is 10.5 Å². The summed E-state index contributed by atoms with van der Waals surface area (Å²) in [5.74, 6) is 0.658. The standard InChI is InChI=1S/C25H32N4O6/c1-25(2)14-18(16-5-6-19(34-3)20(13-16)35-4)26-29(24(25)33)17-9-11-27(12-10-17)23(32)15-28-21(30)7-8-22(28)31/h5-8,13,17,30-31H,9-12,14-15H2,1-4H3. The predicted molar refractivity (Wildman–Crippen MR) is 129 cm³/mol. The fourth-order valence-corrected chi connectivity index (χ4v) is 4.64. The number of hydrogen-bond donors (Lipinski definition) is 2. The summed E-state index contributed by atoms with van der Waals surface area (Å²) in [5.41, 5.74) is 1.04. The van der Waals surface area contributed by atoms with Crippen molar-refractivity contribution >= 4 is 17.5 Å². The first-order valence-electron chi connectivity index (χ1n) is 11.6. The minimum Gasteiger partial charge on any atom is -0.494 e. The van der Waals surface area contributed by atoms with Crippen LogP contribution in [0.2, 0.25) is 0 Å². The molecule has 0 unspecified atom stereocenters. The van der Waals surface area contributed by atoms with E-state index in [4.69, 9.17) is 14.6 Å². The number of carbonyl (C=O) groups is 2. The quantitative estimate of drug-likeness (QED) is 0.651. The van der Waals surface area contributed by atoms with Crippen LogP contribution in [0.3, 0.4) is 0 Å². The molecule has 0 aliphatic carbocycles. The zero-order valence-electron chi connectivity index (χ0n) is 20.5. The smallest absolute Gasteiger partial charge is 0.248 e. The average Bonchev–Trinajstić information content (AvgIpc) is 3.17. The van der Waals surface area contributed by atoms with Gasteiger partial charge in [-0.25, -0.2) is 5.01 Å². The molecule has 2 N–H and O–H groups in total. The van der Waals surface area contributed by atoms with E-state index < -0.39 is 5.41 Å². The molecule has 188 valence electrons. The van der Waals surface area contributed by atoms with Crippen LogP contribution in [0.15, 0.2) is 35.4 Å². The predicted octanol–water partition coefficient (Wildman–Crippen LogP) is 2.57. The van der Waals surface area contributed by atoms with Gasteiger partial charge in [0, 0.05) is 37.2 Å². The van der Waals surface area contributed by atoms with Crippen LogP contribution in [-0.2, 0) is 16.1 Å². The number of aromatic nitrogens is 1. The first-order chi connectivity index (χ1) is 16.6. The van der Waals surface area contributed by atoms with Gasteiger partial charge in [0.05, 0.1) is 31.4 Å². The molecule has 2 aliphatic rings. The molecule has 1 aromatic heterocycles. The Labute approximate surface area is 204 Å². The van der Waals surface area contributed by atoms with E-state index in [1.165, 1.54) is 12.1 Å². The summed E-state index contributed by atoms with van der Waals surface area (Å²) in [4.78, 5) is 27.7. The van der Waals surface area contributed by atoms with Crippen LogP contribution in [-0.4, -0.2) is 75.6 Å².